The average molecular weight is 303 g/mol. The van der Waals surface area contributed by atoms with Crippen LogP contribution in [0.3, 0.4) is 0 Å². The Labute approximate surface area is 130 Å². The van der Waals surface area contributed by atoms with Crippen LogP contribution in [0.4, 0.5) is 0 Å². The molecule has 0 fully saturated rings. The van der Waals surface area contributed by atoms with E-state index < -0.39 is 0 Å². The molecular weight excluding hydrogens is 284 g/mol. The predicted molar refractivity (Wildman–Crippen MR) is 86.7 cm³/mol. The number of hydrogen-bond acceptors (Lipinski definition) is 3. The second-order valence-electron chi connectivity index (χ2n) is 5.73. The summed E-state index contributed by atoms with van der Waals surface area (Å²) in [5.74, 6) is 1.18. The summed E-state index contributed by atoms with van der Waals surface area (Å²) in [6.45, 7) is 6.55. The molecule has 3 nitrogen and oxygen atoms in total. The van der Waals surface area contributed by atoms with Crippen molar-refractivity contribution < 1.29 is 4.74 Å². The first-order chi connectivity index (χ1) is 9.95. The fourth-order valence-corrected chi connectivity index (χ4v) is 1.86. The molecule has 1 aromatic heterocycles. The summed E-state index contributed by atoms with van der Waals surface area (Å²) < 4.78 is 5.62. The van der Waals surface area contributed by atoms with Crippen molar-refractivity contribution in [2.75, 3.05) is 6.61 Å². The smallest absolute Gasteiger partial charge is 0.218 e. The van der Waals surface area contributed by atoms with Crippen LogP contribution in [0.25, 0.3) is 6.08 Å². The second kappa shape index (κ2) is 6.72. The molecular formula is C17H19ClN2O. The van der Waals surface area contributed by atoms with Crippen LogP contribution in [0.1, 0.15) is 32.2 Å². The molecule has 0 atom stereocenters. The molecule has 0 unspecified atom stereocenters. The Kier molecular flexibility index (Phi) is 4.97. The third kappa shape index (κ3) is 4.87. The Balaban J connectivity index is 2.00. The van der Waals surface area contributed by atoms with Crippen LogP contribution in [0, 0.1) is 0 Å². The zero-order chi connectivity index (χ0) is 15.3. The number of nitrogens with zero attached hydrogens (tertiary/aromatic N) is 2. The van der Waals surface area contributed by atoms with Crippen LogP contribution >= 0.6 is 11.6 Å². The van der Waals surface area contributed by atoms with Crippen molar-refractivity contribution in [3.8, 4) is 5.88 Å². The molecule has 21 heavy (non-hydrogen) atoms. The van der Waals surface area contributed by atoms with Crippen molar-refractivity contribution in [2.24, 2.45) is 0 Å². The van der Waals surface area contributed by atoms with E-state index >= 15 is 0 Å². The van der Waals surface area contributed by atoms with Crippen molar-refractivity contribution in [1.29, 1.82) is 0 Å². The van der Waals surface area contributed by atoms with Gasteiger partial charge in [0.15, 0.2) is 0 Å². The lowest BCUT2D eigenvalue weighted by Crippen LogP contribution is -2.16. The zero-order valence-electron chi connectivity index (χ0n) is 12.5. The lowest BCUT2D eigenvalue weighted by atomic mass is 9.96. The average Bonchev–Trinajstić information content (AvgIpc) is 2.43. The van der Waals surface area contributed by atoms with Gasteiger partial charge < -0.3 is 4.74 Å². The molecule has 110 valence electrons. The molecule has 2 rings (SSSR count). The number of ether oxygens (including phenoxy) is 1. The van der Waals surface area contributed by atoms with Crippen LogP contribution in [0.2, 0.25) is 5.15 Å². The molecule has 0 bridgehead atoms. The summed E-state index contributed by atoms with van der Waals surface area (Å²) in [6.07, 6.45) is 3.95. The second-order valence-corrected chi connectivity index (χ2v) is 6.11. The van der Waals surface area contributed by atoms with E-state index in [0.717, 1.165) is 5.56 Å². The van der Waals surface area contributed by atoms with Gasteiger partial charge in [-0.05, 0) is 11.6 Å². The summed E-state index contributed by atoms with van der Waals surface area (Å²) in [4.78, 5) is 8.63. The quantitative estimate of drug-likeness (QED) is 0.779. The lowest BCUT2D eigenvalue weighted by molar-refractivity contribution is 0.343. The number of hydrogen-bond donors (Lipinski definition) is 0. The molecule has 0 aliphatic heterocycles. The van der Waals surface area contributed by atoms with Gasteiger partial charge in [-0.25, -0.2) is 4.98 Å². The molecule has 0 radical (unpaired) electrons. The van der Waals surface area contributed by atoms with E-state index in [1.54, 1.807) is 6.07 Å². The molecule has 0 amide bonds. The van der Waals surface area contributed by atoms with Crippen molar-refractivity contribution in [2.45, 2.75) is 26.2 Å². The molecule has 1 aromatic carbocycles. The summed E-state index contributed by atoms with van der Waals surface area (Å²) in [5.41, 5.74) is 0.972. The molecule has 0 N–H and O–H groups in total. The number of rotatable bonds is 4. The van der Waals surface area contributed by atoms with E-state index in [2.05, 4.69) is 9.97 Å². The van der Waals surface area contributed by atoms with Gasteiger partial charge >= 0.3 is 0 Å². The highest BCUT2D eigenvalue weighted by Gasteiger charge is 2.19. The minimum atomic E-state index is -0.164. The first-order valence-corrected chi connectivity index (χ1v) is 7.22. The van der Waals surface area contributed by atoms with E-state index in [1.165, 1.54) is 0 Å². The number of benzene rings is 1. The van der Waals surface area contributed by atoms with Crippen molar-refractivity contribution >= 4 is 17.7 Å². The third-order valence-corrected chi connectivity index (χ3v) is 2.97. The lowest BCUT2D eigenvalue weighted by Gasteiger charge is -2.17. The van der Waals surface area contributed by atoms with Crippen molar-refractivity contribution in [1.82, 2.24) is 9.97 Å². The fraction of sp³-hybridized carbons (Fsp3) is 0.294. The number of aromatic nitrogens is 2. The highest BCUT2D eigenvalue weighted by atomic mass is 35.5. The Morgan fingerprint density at radius 2 is 1.86 bits per heavy atom. The number of halogens is 1. The van der Waals surface area contributed by atoms with E-state index in [9.17, 15) is 0 Å². The summed E-state index contributed by atoms with van der Waals surface area (Å²) in [6, 6.07) is 11.7. The Morgan fingerprint density at radius 1 is 1.14 bits per heavy atom. The summed E-state index contributed by atoms with van der Waals surface area (Å²) in [7, 11) is 0. The van der Waals surface area contributed by atoms with Gasteiger partial charge in [-0.2, -0.15) is 4.98 Å². The van der Waals surface area contributed by atoms with Gasteiger partial charge in [-0.1, -0.05) is 68.8 Å². The summed E-state index contributed by atoms with van der Waals surface area (Å²) >= 11 is 6.02. The Hall–Kier alpha value is -1.87. The molecule has 0 aliphatic carbocycles. The van der Waals surface area contributed by atoms with Crippen LogP contribution in [0.15, 0.2) is 42.5 Å². The van der Waals surface area contributed by atoms with Gasteiger partial charge in [0, 0.05) is 11.5 Å². The zero-order valence-corrected chi connectivity index (χ0v) is 13.3. The molecule has 0 saturated carbocycles. The van der Waals surface area contributed by atoms with Crippen LogP contribution in [-0.4, -0.2) is 16.6 Å². The normalized spacial score (nSPS) is 11.8. The molecule has 0 saturated heterocycles. The van der Waals surface area contributed by atoms with Gasteiger partial charge in [0.2, 0.25) is 5.88 Å². The highest BCUT2D eigenvalue weighted by Crippen LogP contribution is 2.23. The van der Waals surface area contributed by atoms with Gasteiger partial charge in [-0.3, -0.25) is 0 Å². The maximum Gasteiger partial charge on any atom is 0.218 e. The van der Waals surface area contributed by atoms with E-state index in [4.69, 9.17) is 16.3 Å². The standard InChI is InChI=1S/C17H19ClN2O/c1-17(2,3)16-19-14(18)12-15(20-16)21-11-7-10-13-8-5-4-6-9-13/h4-10,12H,11H2,1-3H3/b10-7+. The SMILES string of the molecule is CC(C)(C)c1nc(Cl)cc(OC/C=C/c2ccccc2)n1. The van der Waals surface area contributed by atoms with E-state index in [-0.39, 0.29) is 5.41 Å². The van der Waals surface area contributed by atoms with Gasteiger partial charge in [0.05, 0.1) is 0 Å². The van der Waals surface area contributed by atoms with Gasteiger partial charge in [-0.15, -0.1) is 0 Å². The minimum Gasteiger partial charge on any atom is -0.473 e. The molecule has 0 aliphatic rings. The van der Waals surface area contributed by atoms with E-state index in [0.29, 0.717) is 23.5 Å². The third-order valence-electron chi connectivity index (χ3n) is 2.78. The van der Waals surface area contributed by atoms with Gasteiger partial charge in [0.1, 0.15) is 17.6 Å². The summed E-state index contributed by atoms with van der Waals surface area (Å²) in [5, 5.41) is 0.400. The van der Waals surface area contributed by atoms with Gasteiger partial charge in [0.25, 0.3) is 0 Å². The molecule has 2 aromatic rings. The first kappa shape index (κ1) is 15.5. The van der Waals surface area contributed by atoms with E-state index in [1.807, 2.05) is 63.3 Å². The van der Waals surface area contributed by atoms with Crippen molar-refractivity contribution in [3.63, 3.8) is 0 Å². The minimum absolute atomic E-state index is 0.164. The predicted octanol–water partition coefficient (Wildman–Crippen LogP) is 4.52. The van der Waals surface area contributed by atoms with Crippen LogP contribution in [-0.2, 0) is 5.41 Å². The Morgan fingerprint density at radius 3 is 2.52 bits per heavy atom. The maximum atomic E-state index is 6.02. The monoisotopic (exact) mass is 302 g/mol. The maximum absolute atomic E-state index is 6.02. The van der Waals surface area contributed by atoms with Crippen LogP contribution < -0.4 is 4.74 Å². The van der Waals surface area contributed by atoms with Crippen molar-refractivity contribution in [3.05, 3.63) is 59.0 Å². The topological polar surface area (TPSA) is 35.0 Å². The largest absolute Gasteiger partial charge is 0.473 e. The van der Waals surface area contributed by atoms with Crippen LogP contribution in [0.5, 0.6) is 5.88 Å². The molecule has 0 spiro atoms. The Bertz CT molecular complexity index is 618. The highest BCUT2D eigenvalue weighted by molar-refractivity contribution is 6.29. The molecule has 1 heterocycles. The first-order valence-electron chi connectivity index (χ1n) is 6.84. The molecule has 4 heteroatoms. The fourth-order valence-electron chi connectivity index (χ4n) is 1.69.